The van der Waals surface area contributed by atoms with E-state index in [9.17, 15) is 4.79 Å². The molecule has 1 saturated heterocycles. The van der Waals surface area contributed by atoms with Gasteiger partial charge in [0.2, 0.25) is 0 Å². The topological polar surface area (TPSA) is 33.5 Å². The van der Waals surface area contributed by atoms with Crippen LogP contribution in [0.15, 0.2) is 18.2 Å². The minimum atomic E-state index is -0.0337. The molecule has 3 nitrogen and oxygen atoms in total. The lowest BCUT2D eigenvalue weighted by Crippen LogP contribution is -3.18. The third-order valence-electron chi connectivity index (χ3n) is 4.56. The van der Waals surface area contributed by atoms with Crippen molar-refractivity contribution < 1.29 is 9.69 Å². The van der Waals surface area contributed by atoms with Crippen molar-refractivity contribution in [2.24, 2.45) is 11.8 Å². The second-order valence-electron chi connectivity index (χ2n) is 6.64. The van der Waals surface area contributed by atoms with E-state index in [1.54, 1.807) is 0 Å². The number of hydrogen-bond donors (Lipinski definition) is 2. The van der Waals surface area contributed by atoms with Crippen LogP contribution in [0.5, 0.6) is 0 Å². The van der Waals surface area contributed by atoms with Crippen LogP contribution in [0.1, 0.15) is 32.8 Å². The lowest BCUT2D eigenvalue weighted by atomic mass is 9.91. The summed E-state index contributed by atoms with van der Waals surface area (Å²) in [5, 5.41) is 3.72. The Morgan fingerprint density at radius 2 is 1.95 bits per heavy atom. The minimum Gasteiger partial charge on any atom is -0.324 e. The first-order valence-corrected chi connectivity index (χ1v) is 8.16. The summed E-state index contributed by atoms with van der Waals surface area (Å²) in [7, 11) is 0. The molecule has 1 aliphatic rings. The zero-order valence-electron chi connectivity index (χ0n) is 13.4. The van der Waals surface area contributed by atoms with Crippen LogP contribution in [-0.4, -0.2) is 25.0 Å². The Hall–Kier alpha value is -1.06. The van der Waals surface area contributed by atoms with Crippen LogP contribution < -0.4 is 10.2 Å². The summed E-state index contributed by atoms with van der Waals surface area (Å²) in [4.78, 5) is 13.9. The van der Waals surface area contributed by atoms with Gasteiger partial charge in [-0.1, -0.05) is 31.5 Å². The van der Waals surface area contributed by atoms with Crippen molar-refractivity contribution >= 4 is 23.2 Å². The number of carbonyl (C=O) groups excluding carboxylic acids is 1. The lowest BCUT2D eigenvalue weighted by molar-refractivity contribution is -0.925. The van der Waals surface area contributed by atoms with Crippen LogP contribution in [-0.2, 0) is 4.79 Å². The maximum absolute atomic E-state index is 12.5. The van der Waals surface area contributed by atoms with E-state index in [1.807, 2.05) is 32.0 Å². The highest BCUT2D eigenvalue weighted by atomic mass is 35.5. The van der Waals surface area contributed by atoms with E-state index in [1.165, 1.54) is 11.3 Å². The Kier molecular flexibility index (Phi) is 5.28. The number of nitrogens with one attached hydrogen (secondary N) is 2. The zero-order chi connectivity index (χ0) is 15.6. The highest BCUT2D eigenvalue weighted by Gasteiger charge is 2.32. The summed E-state index contributed by atoms with van der Waals surface area (Å²) in [6, 6.07) is 5.58. The molecule has 21 heavy (non-hydrogen) atoms. The second-order valence-corrected chi connectivity index (χ2v) is 7.04. The summed E-state index contributed by atoms with van der Waals surface area (Å²) in [5.41, 5.74) is 1.74. The van der Waals surface area contributed by atoms with Crippen LogP contribution in [0, 0.1) is 18.8 Å². The maximum Gasteiger partial charge on any atom is 0.282 e. The Morgan fingerprint density at radius 3 is 2.57 bits per heavy atom. The fourth-order valence-electron chi connectivity index (χ4n) is 3.35. The number of hydrogen-bond acceptors (Lipinski definition) is 1. The fraction of sp³-hybridized carbons (Fsp3) is 0.588. The minimum absolute atomic E-state index is 0.0337. The maximum atomic E-state index is 12.5. The molecule has 0 unspecified atom stereocenters. The molecule has 3 atom stereocenters. The van der Waals surface area contributed by atoms with Crippen molar-refractivity contribution in [1.29, 1.82) is 0 Å². The monoisotopic (exact) mass is 309 g/mol. The number of benzene rings is 1. The SMILES string of the molecule is Cc1c(Cl)cccc1NC(=O)[C@@H](C)[NH+]1C[C@@H](C)C[C@H](C)C1. The van der Waals surface area contributed by atoms with Gasteiger partial charge in [0.1, 0.15) is 0 Å². The molecule has 0 aliphatic carbocycles. The lowest BCUT2D eigenvalue weighted by Gasteiger charge is -2.35. The van der Waals surface area contributed by atoms with E-state index < -0.39 is 0 Å². The van der Waals surface area contributed by atoms with Gasteiger partial charge in [0.25, 0.3) is 5.91 Å². The van der Waals surface area contributed by atoms with Gasteiger partial charge in [0, 0.05) is 22.5 Å². The number of piperidine rings is 1. The Balaban J connectivity index is 2.04. The zero-order valence-corrected chi connectivity index (χ0v) is 14.1. The third-order valence-corrected chi connectivity index (χ3v) is 4.97. The Labute approximate surface area is 132 Å². The number of amides is 1. The van der Waals surface area contributed by atoms with Crippen molar-refractivity contribution in [2.45, 2.75) is 40.2 Å². The average molecular weight is 310 g/mol. The predicted molar refractivity (Wildman–Crippen MR) is 87.9 cm³/mol. The normalized spacial score (nSPS) is 27.2. The highest BCUT2D eigenvalue weighted by molar-refractivity contribution is 6.31. The quantitative estimate of drug-likeness (QED) is 0.884. The smallest absolute Gasteiger partial charge is 0.282 e. The number of likely N-dealkylation sites (tertiary alicyclic amines) is 1. The van der Waals surface area contributed by atoms with Crippen molar-refractivity contribution in [3.8, 4) is 0 Å². The van der Waals surface area contributed by atoms with Gasteiger partial charge in [-0.15, -0.1) is 0 Å². The summed E-state index contributed by atoms with van der Waals surface area (Å²) < 4.78 is 0. The molecule has 1 fully saturated rings. The van der Waals surface area contributed by atoms with Crippen molar-refractivity contribution in [3.63, 3.8) is 0 Å². The number of halogens is 1. The second kappa shape index (κ2) is 6.80. The van der Waals surface area contributed by atoms with E-state index in [4.69, 9.17) is 11.6 Å². The first kappa shape index (κ1) is 16.3. The molecule has 2 rings (SSSR count). The molecule has 116 valence electrons. The molecule has 1 aromatic carbocycles. The molecule has 0 spiro atoms. The van der Waals surface area contributed by atoms with Gasteiger partial charge in [0.05, 0.1) is 13.1 Å². The number of quaternary nitrogens is 1. The van der Waals surface area contributed by atoms with Crippen LogP contribution >= 0.6 is 11.6 Å². The highest BCUT2D eigenvalue weighted by Crippen LogP contribution is 2.23. The van der Waals surface area contributed by atoms with Crippen LogP contribution in [0.25, 0.3) is 0 Å². The van der Waals surface area contributed by atoms with Gasteiger partial charge < -0.3 is 10.2 Å². The van der Waals surface area contributed by atoms with Crippen molar-refractivity contribution in [3.05, 3.63) is 28.8 Å². The van der Waals surface area contributed by atoms with Crippen LogP contribution in [0.4, 0.5) is 5.69 Å². The van der Waals surface area contributed by atoms with Crippen LogP contribution in [0.2, 0.25) is 5.02 Å². The molecule has 2 N–H and O–H groups in total. The van der Waals surface area contributed by atoms with Gasteiger partial charge in [-0.3, -0.25) is 4.79 Å². The summed E-state index contributed by atoms with van der Waals surface area (Å²) in [6.07, 6.45) is 1.27. The Morgan fingerprint density at radius 1 is 1.33 bits per heavy atom. The molecule has 0 aromatic heterocycles. The van der Waals surface area contributed by atoms with E-state index >= 15 is 0 Å². The number of anilines is 1. The van der Waals surface area contributed by atoms with E-state index in [2.05, 4.69) is 19.2 Å². The molecule has 0 bridgehead atoms. The average Bonchev–Trinajstić information content (AvgIpc) is 2.42. The van der Waals surface area contributed by atoms with Gasteiger partial charge in [0.15, 0.2) is 6.04 Å². The van der Waals surface area contributed by atoms with Crippen LogP contribution in [0.3, 0.4) is 0 Å². The largest absolute Gasteiger partial charge is 0.324 e. The van der Waals surface area contributed by atoms with E-state index in [0.29, 0.717) is 16.9 Å². The molecule has 0 radical (unpaired) electrons. The fourth-order valence-corrected chi connectivity index (χ4v) is 3.53. The molecule has 1 aliphatic heterocycles. The molecule has 4 heteroatoms. The summed E-state index contributed by atoms with van der Waals surface area (Å²) >= 11 is 6.11. The predicted octanol–water partition coefficient (Wildman–Crippen LogP) is 2.54. The third kappa shape index (κ3) is 3.98. The number of carbonyl (C=O) groups is 1. The standard InChI is InChI=1S/C17H25ClN2O/c1-11-8-12(2)10-20(9-11)14(4)17(21)19-16-7-5-6-15(18)13(16)3/h5-7,11-12,14H,8-10H2,1-4H3,(H,19,21)/p+1/t11-,12-,14+/m0/s1. The van der Waals surface area contributed by atoms with E-state index in [0.717, 1.165) is 24.3 Å². The Bertz CT molecular complexity index is 508. The molecular weight excluding hydrogens is 284 g/mol. The first-order valence-electron chi connectivity index (χ1n) is 7.79. The van der Waals surface area contributed by atoms with Gasteiger partial charge in [-0.05, 0) is 38.0 Å². The van der Waals surface area contributed by atoms with Crippen molar-refractivity contribution in [2.75, 3.05) is 18.4 Å². The molecule has 1 aromatic rings. The molecule has 1 amide bonds. The molecule has 0 saturated carbocycles. The summed E-state index contributed by atoms with van der Waals surface area (Å²) in [5.74, 6) is 1.45. The van der Waals surface area contributed by atoms with Gasteiger partial charge >= 0.3 is 0 Å². The number of rotatable bonds is 3. The molecule has 1 heterocycles. The van der Waals surface area contributed by atoms with E-state index in [-0.39, 0.29) is 11.9 Å². The van der Waals surface area contributed by atoms with Gasteiger partial charge in [-0.2, -0.15) is 0 Å². The molecular formula is C17H26ClN2O+. The summed E-state index contributed by atoms with van der Waals surface area (Å²) in [6.45, 7) is 10.7. The van der Waals surface area contributed by atoms with Crippen molar-refractivity contribution in [1.82, 2.24) is 0 Å². The first-order chi connectivity index (χ1) is 9.88. The van der Waals surface area contributed by atoms with Gasteiger partial charge in [-0.25, -0.2) is 0 Å².